The van der Waals surface area contributed by atoms with Crippen molar-refractivity contribution in [2.45, 2.75) is 12.6 Å². The lowest BCUT2D eigenvalue weighted by atomic mass is 9.82. The molecular weight excluding hydrogens is 372 g/mol. The first-order valence-electron chi connectivity index (χ1n) is 8.20. The molecule has 0 aromatic heterocycles. The molecule has 1 aromatic carbocycles. The maximum Gasteiger partial charge on any atom is 0.395 e. The third kappa shape index (κ3) is 4.72. The highest BCUT2D eigenvalue weighted by Gasteiger charge is 2.44. The Kier molecular flexibility index (Phi) is 5.66. The van der Waals surface area contributed by atoms with Crippen LogP contribution in [-0.2, 0) is 6.42 Å². The van der Waals surface area contributed by atoms with E-state index in [0.29, 0.717) is 21.3 Å². The fourth-order valence-electron chi connectivity index (χ4n) is 3.37. The molecular formula is C18H19Cl2F3N2. The summed E-state index contributed by atoms with van der Waals surface area (Å²) < 4.78 is 40.9. The number of alkyl halides is 3. The van der Waals surface area contributed by atoms with Crippen molar-refractivity contribution in [3.8, 4) is 0 Å². The van der Waals surface area contributed by atoms with Crippen LogP contribution in [0.25, 0.3) is 0 Å². The largest absolute Gasteiger partial charge is 0.395 e. The molecule has 1 aliphatic heterocycles. The van der Waals surface area contributed by atoms with E-state index in [-0.39, 0.29) is 6.42 Å². The van der Waals surface area contributed by atoms with Gasteiger partial charge in [0.05, 0.1) is 5.92 Å². The molecule has 3 rings (SSSR count). The first-order chi connectivity index (χ1) is 11.8. The summed E-state index contributed by atoms with van der Waals surface area (Å²) >= 11 is 11.9. The molecule has 2 nitrogen and oxygen atoms in total. The quantitative estimate of drug-likeness (QED) is 0.805. The minimum Gasteiger partial charge on any atom is -0.369 e. The number of allylic oxidation sites excluding steroid dienone is 3. The summed E-state index contributed by atoms with van der Waals surface area (Å²) in [6, 6.07) is 4.92. The lowest BCUT2D eigenvalue weighted by Gasteiger charge is -2.35. The molecule has 2 atom stereocenters. The number of rotatable bonds is 3. The summed E-state index contributed by atoms with van der Waals surface area (Å²) in [5.41, 5.74) is 1.37. The molecule has 1 N–H and O–H groups in total. The first-order valence-corrected chi connectivity index (χ1v) is 8.96. The van der Waals surface area contributed by atoms with Crippen LogP contribution in [0.5, 0.6) is 0 Å². The van der Waals surface area contributed by atoms with Crippen LogP contribution in [0.4, 0.5) is 13.2 Å². The normalized spacial score (nSPS) is 24.4. The number of hydrogen-bond acceptors (Lipinski definition) is 2. The Labute approximate surface area is 155 Å². The monoisotopic (exact) mass is 390 g/mol. The third-order valence-electron chi connectivity index (χ3n) is 4.58. The second-order valence-electron chi connectivity index (χ2n) is 6.40. The van der Waals surface area contributed by atoms with Gasteiger partial charge in [-0.25, -0.2) is 0 Å². The highest BCUT2D eigenvalue weighted by molar-refractivity contribution is 6.34. The third-order valence-corrected chi connectivity index (χ3v) is 5.02. The minimum absolute atomic E-state index is 0.242. The minimum atomic E-state index is -4.29. The number of nitrogens with zero attached hydrogens (tertiary/aromatic N) is 1. The average molecular weight is 391 g/mol. The predicted octanol–water partition coefficient (Wildman–Crippen LogP) is 4.69. The van der Waals surface area contributed by atoms with E-state index < -0.39 is 18.0 Å². The first kappa shape index (κ1) is 18.6. The molecule has 1 heterocycles. The van der Waals surface area contributed by atoms with Gasteiger partial charge in [0.2, 0.25) is 0 Å². The van der Waals surface area contributed by atoms with E-state index in [0.717, 1.165) is 26.2 Å². The zero-order chi connectivity index (χ0) is 18.0. The van der Waals surface area contributed by atoms with Crippen LogP contribution < -0.4 is 5.32 Å². The molecule has 1 aliphatic carbocycles. The SMILES string of the molecule is FC(F)(F)C1C=C(N2CCNCC2)C=CC1Cc1cc(Cl)cc(Cl)c1. The van der Waals surface area contributed by atoms with Gasteiger partial charge in [0.15, 0.2) is 0 Å². The summed E-state index contributed by atoms with van der Waals surface area (Å²) in [4.78, 5) is 2.00. The Morgan fingerprint density at radius 1 is 1.08 bits per heavy atom. The molecule has 1 fully saturated rings. The smallest absolute Gasteiger partial charge is 0.369 e. The van der Waals surface area contributed by atoms with Crippen LogP contribution in [0.2, 0.25) is 10.0 Å². The van der Waals surface area contributed by atoms with Crippen molar-refractivity contribution < 1.29 is 13.2 Å². The van der Waals surface area contributed by atoms with Crippen LogP contribution in [0.3, 0.4) is 0 Å². The zero-order valence-electron chi connectivity index (χ0n) is 13.5. The number of nitrogens with one attached hydrogen (secondary N) is 1. The van der Waals surface area contributed by atoms with Crippen molar-refractivity contribution in [3.05, 3.63) is 57.7 Å². The molecule has 0 amide bonds. The summed E-state index contributed by atoms with van der Waals surface area (Å²) in [6.07, 6.45) is 0.792. The van der Waals surface area contributed by atoms with Crippen molar-refractivity contribution in [3.63, 3.8) is 0 Å². The molecule has 1 saturated heterocycles. The van der Waals surface area contributed by atoms with Gasteiger partial charge < -0.3 is 10.2 Å². The lowest BCUT2D eigenvalue weighted by Crippen LogP contribution is -2.43. The van der Waals surface area contributed by atoms with E-state index in [4.69, 9.17) is 23.2 Å². The maximum absolute atomic E-state index is 13.6. The van der Waals surface area contributed by atoms with Crippen LogP contribution in [0.15, 0.2) is 42.1 Å². The van der Waals surface area contributed by atoms with E-state index in [1.807, 2.05) is 11.0 Å². The van der Waals surface area contributed by atoms with E-state index in [1.54, 1.807) is 24.3 Å². The van der Waals surface area contributed by atoms with Crippen molar-refractivity contribution in [2.24, 2.45) is 11.8 Å². The predicted molar refractivity (Wildman–Crippen MR) is 94.9 cm³/mol. The molecule has 0 radical (unpaired) electrons. The van der Waals surface area contributed by atoms with Crippen molar-refractivity contribution in [1.29, 1.82) is 0 Å². The Balaban J connectivity index is 1.82. The van der Waals surface area contributed by atoms with Gasteiger partial charge in [-0.2, -0.15) is 13.2 Å². The van der Waals surface area contributed by atoms with Gasteiger partial charge in [0, 0.05) is 41.9 Å². The molecule has 7 heteroatoms. The molecule has 2 aliphatic rings. The van der Waals surface area contributed by atoms with Gasteiger partial charge in [-0.1, -0.05) is 29.3 Å². The summed E-state index contributed by atoms with van der Waals surface area (Å²) in [5.74, 6) is -2.18. The topological polar surface area (TPSA) is 15.3 Å². The fraction of sp³-hybridized carbons (Fsp3) is 0.444. The highest BCUT2D eigenvalue weighted by atomic mass is 35.5. The van der Waals surface area contributed by atoms with Crippen LogP contribution >= 0.6 is 23.2 Å². The molecule has 2 unspecified atom stereocenters. The van der Waals surface area contributed by atoms with Crippen LogP contribution in [0.1, 0.15) is 5.56 Å². The number of piperazine rings is 1. The molecule has 0 saturated carbocycles. The molecule has 0 spiro atoms. The molecule has 1 aromatic rings. The van der Waals surface area contributed by atoms with E-state index in [9.17, 15) is 13.2 Å². The van der Waals surface area contributed by atoms with Gasteiger partial charge in [-0.05, 0) is 48.3 Å². The Morgan fingerprint density at radius 3 is 2.32 bits per heavy atom. The lowest BCUT2D eigenvalue weighted by molar-refractivity contribution is -0.170. The number of halogens is 5. The van der Waals surface area contributed by atoms with E-state index in [2.05, 4.69) is 5.32 Å². The Hall–Kier alpha value is -1.17. The average Bonchev–Trinajstić information content (AvgIpc) is 2.54. The fourth-order valence-corrected chi connectivity index (χ4v) is 3.94. The standard InChI is InChI=1S/C18H19Cl2F3N2/c19-14-8-12(9-15(20)10-14)7-13-1-2-16(11-17(13)18(21,22)23)25-5-3-24-4-6-25/h1-2,8-11,13,17,24H,3-7H2. The zero-order valence-corrected chi connectivity index (χ0v) is 15.0. The van der Waals surface area contributed by atoms with Crippen molar-refractivity contribution in [2.75, 3.05) is 26.2 Å². The second-order valence-corrected chi connectivity index (χ2v) is 7.27. The molecule has 136 valence electrons. The molecule has 25 heavy (non-hydrogen) atoms. The van der Waals surface area contributed by atoms with Gasteiger partial charge in [-0.3, -0.25) is 0 Å². The van der Waals surface area contributed by atoms with Crippen molar-refractivity contribution >= 4 is 23.2 Å². The van der Waals surface area contributed by atoms with Crippen LogP contribution in [0, 0.1) is 11.8 Å². The van der Waals surface area contributed by atoms with Gasteiger partial charge in [0.1, 0.15) is 0 Å². The Morgan fingerprint density at radius 2 is 1.72 bits per heavy atom. The van der Waals surface area contributed by atoms with Gasteiger partial charge in [0.25, 0.3) is 0 Å². The van der Waals surface area contributed by atoms with Gasteiger partial charge >= 0.3 is 6.18 Å². The molecule has 0 bridgehead atoms. The second kappa shape index (κ2) is 7.60. The summed E-state index contributed by atoms with van der Waals surface area (Å²) in [7, 11) is 0. The summed E-state index contributed by atoms with van der Waals surface area (Å²) in [6.45, 7) is 3.00. The number of benzene rings is 1. The van der Waals surface area contributed by atoms with Crippen LogP contribution in [-0.4, -0.2) is 37.3 Å². The van der Waals surface area contributed by atoms with E-state index >= 15 is 0 Å². The van der Waals surface area contributed by atoms with E-state index in [1.165, 1.54) is 6.08 Å². The summed E-state index contributed by atoms with van der Waals surface area (Å²) in [5, 5.41) is 4.07. The van der Waals surface area contributed by atoms with Gasteiger partial charge in [-0.15, -0.1) is 0 Å². The highest BCUT2D eigenvalue weighted by Crippen LogP contribution is 2.39. The maximum atomic E-state index is 13.6. The Bertz CT molecular complexity index is 659. The number of hydrogen-bond donors (Lipinski definition) is 1. The van der Waals surface area contributed by atoms with Crippen molar-refractivity contribution in [1.82, 2.24) is 10.2 Å².